The minimum Gasteiger partial charge on any atom is -0.380 e. The summed E-state index contributed by atoms with van der Waals surface area (Å²) in [6, 6.07) is 0.482. The predicted octanol–water partition coefficient (Wildman–Crippen LogP) is 1.25. The number of hydrogen-bond donors (Lipinski definition) is 1. The normalized spacial score (nSPS) is 31.7. The predicted molar refractivity (Wildman–Crippen MR) is 72.9 cm³/mol. The molecule has 2 aliphatic heterocycles. The molecule has 3 atom stereocenters. The molecular formula is C14H28N2O2. The van der Waals surface area contributed by atoms with E-state index >= 15 is 0 Å². The van der Waals surface area contributed by atoms with Crippen molar-refractivity contribution in [2.75, 3.05) is 39.9 Å². The fraction of sp³-hybridized carbons (Fsp3) is 1.00. The van der Waals surface area contributed by atoms with Crippen LogP contribution in [0, 0.1) is 0 Å². The van der Waals surface area contributed by atoms with Gasteiger partial charge in [-0.3, -0.25) is 4.90 Å². The summed E-state index contributed by atoms with van der Waals surface area (Å²) in [5, 5.41) is 3.60. The Labute approximate surface area is 111 Å². The van der Waals surface area contributed by atoms with Crippen LogP contribution in [0.4, 0.5) is 0 Å². The number of methoxy groups -OCH3 is 1. The van der Waals surface area contributed by atoms with Crippen LogP contribution >= 0.6 is 0 Å². The molecule has 4 nitrogen and oxygen atoms in total. The van der Waals surface area contributed by atoms with Crippen molar-refractivity contribution in [1.82, 2.24) is 10.2 Å². The molecule has 1 N–H and O–H groups in total. The highest BCUT2D eigenvalue weighted by atomic mass is 16.5. The van der Waals surface area contributed by atoms with Gasteiger partial charge >= 0.3 is 0 Å². The second kappa shape index (κ2) is 7.43. The molecule has 4 heteroatoms. The molecule has 0 amide bonds. The average molecular weight is 256 g/mol. The number of nitrogens with zero attached hydrogens (tertiary/aromatic N) is 1. The second-order valence-corrected chi connectivity index (χ2v) is 5.59. The Morgan fingerprint density at radius 3 is 3.00 bits per heavy atom. The molecule has 18 heavy (non-hydrogen) atoms. The molecule has 0 aromatic rings. The fourth-order valence-corrected chi connectivity index (χ4v) is 2.99. The SMILES string of the molecule is COC1CCCN(CCNC(C)C2CCCO2)C1. The van der Waals surface area contributed by atoms with E-state index in [4.69, 9.17) is 9.47 Å². The minimum atomic E-state index is 0.429. The fourth-order valence-electron chi connectivity index (χ4n) is 2.99. The lowest BCUT2D eigenvalue weighted by atomic mass is 10.1. The Kier molecular flexibility index (Phi) is 5.89. The molecule has 2 rings (SSSR count). The smallest absolute Gasteiger partial charge is 0.0726 e. The first-order valence-corrected chi connectivity index (χ1v) is 7.39. The van der Waals surface area contributed by atoms with E-state index in [2.05, 4.69) is 17.1 Å². The van der Waals surface area contributed by atoms with Crippen LogP contribution in [0.25, 0.3) is 0 Å². The third kappa shape index (κ3) is 4.19. The molecule has 0 aromatic carbocycles. The van der Waals surface area contributed by atoms with Gasteiger partial charge < -0.3 is 14.8 Å². The van der Waals surface area contributed by atoms with Crippen LogP contribution in [-0.4, -0.2) is 63.0 Å². The summed E-state index contributed by atoms with van der Waals surface area (Å²) in [5.41, 5.74) is 0. The first-order chi connectivity index (χ1) is 8.79. The van der Waals surface area contributed by atoms with Crippen molar-refractivity contribution in [3.05, 3.63) is 0 Å². The van der Waals surface area contributed by atoms with E-state index in [1.165, 1.54) is 32.2 Å². The second-order valence-electron chi connectivity index (χ2n) is 5.59. The largest absolute Gasteiger partial charge is 0.380 e. The lowest BCUT2D eigenvalue weighted by Crippen LogP contribution is -2.45. The van der Waals surface area contributed by atoms with Gasteiger partial charge in [0.1, 0.15) is 0 Å². The number of piperidine rings is 1. The summed E-state index contributed by atoms with van der Waals surface area (Å²) in [4.78, 5) is 2.51. The highest BCUT2D eigenvalue weighted by Crippen LogP contribution is 2.15. The maximum absolute atomic E-state index is 5.70. The van der Waals surface area contributed by atoms with E-state index in [1.807, 2.05) is 7.11 Å². The first-order valence-electron chi connectivity index (χ1n) is 7.39. The number of rotatable bonds is 6. The van der Waals surface area contributed by atoms with E-state index in [0.29, 0.717) is 18.2 Å². The van der Waals surface area contributed by atoms with Crippen LogP contribution in [-0.2, 0) is 9.47 Å². The Morgan fingerprint density at radius 1 is 1.39 bits per heavy atom. The van der Waals surface area contributed by atoms with Crippen molar-refractivity contribution in [2.24, 2.45) is 0 Å². The molecule has 0 spiro atoms. The molecule has 3 unspecified atom stereocenters. The van der Waals surface area contributed by atoms with Gasteiger partial charge in [0.15, 0.2) is 0 Å². The maximum atomic E-state index is 5.70. The molecule has 0 aromatic heterocycles. The highest BCUT2D eigenvalue weighted by Gasteiger charge is 2.22. The zero-order chi connectivity index (χ0) is 12.8. The summed E-state index contributed by atoms with van der Waals surface area (Å²) in [6.07, 6.45) is 5.78. The molecule has 2 saturated heterocycles. The van der Waals surface area contributed by atoms with E-state index in [0.717, 1.165) is 26.2 Å². The maximum Gasteiger partial charge on any atom is 0.0726 e. The third-order valence-electron chi connectivity index (χ3n) is 4.21. The quantitative estimate of drug-likeness (QED) is 0.775. The van der Waals surface area contributed by atoms with Gasteiger partial charge in [0, 0.05) is 39.4 Å². The summed E-state index contributed by atoms with van der Waals surface area (Å²) in [5.74, 6) is 0. The van der Waals surface area contributed by atoms with E-state index in [1.54, 1.807) is 0 Å². The molecule has 2 fully saturated rings. The van der Waals surface area contributed by atoms with E-state index < -0.39 is 0 Å². The summed E-state index contributed by atoms with van der Waals surface area (Å²) < 4.78 is 11.1. The van der Waals surface area contributed by atoms with Crippen molar-refractivity contribution in [2.45, 2.75) is 50.9 Å². The summed E-state index contributed by atoms with van der Waals surface area (Å²) in [7, 11) is 1.83. The minimum absolute atomic E-state index is 0.429. The zero-order valence-electron chi connectivity index (χ0n) is 11.9. The van der Waals surface area contributed by atoms with Crippen LogP contribution in [0.5, 0.6) is 0 Å². The molecule has 0 saturated carbocycles. The van der Waals surface area contributed by atoms with E-state index in [-0.39, 0.29) is 0 Å². The molecule has 2 aliphatic rings. The zero-order valence-corrected chi connectivity index (χ0v) is 11.9. The average Bonchev–Trinajstić information content (AvgIpc) is 2.93. The molecule has 2 heterocycles. The van der Waals surface area contributed by atoms with Crippen molar-refractivity contribution in [3.8, 4) is 0 Å². The molecule has 106 valence electrons. The molecule has 0 aliphatic carbocycles. The number of hydrogen-bond acceptors (Lipinski definition) is 4. The van der Waals surface area contributed by atoms with Gasteiger partial charge in [-0.05, 0) is 39.2 Å². The lowest BCUT2D eigenvalue weighted by Gasteiger charge is -2.32. The van der Waals surface area contributed by atoms with Gasteiger partial charge in [-0.25, -0.2) is 0 Å². The number of ether oxygens (including phenoxy) is 2. The van der Waals surface area contributed by atoms with Crippen LogP contribution in [0.1, 0.15) is 32.6 Å². The standard InChI is InChI=1S/C14H28N2O2/c1-12(14-6-4-10-18-14)15-7-9-16-8-3-5-13(11-16)17-2/h12-15H,3-11H2,1-2H3. The van der Waals surface area contributed by atoms with Gasteiger partial charge in [-0.1, -0.05) is 0 Å². The Hall–Kier alpha value is -0.160. The highest BCUT2D eigenvalue weighted by molar-refractivity contribution is 4.78. The monoisotopic (exact) mass is 256 g/mol. The van der Waals surface area contributed by atoms with Gasteiger partial charge in [0.2, 0.25) is 0 Å². The number of likely N-dealkylation sites (tertiary alicyclic amines) is 1. The van der Waals surface area contributed by atoms with Crippen LogP contribution < -0.4 is 5.32 Å². The Morgan fingerprint density at radius 2 is 2.28 bits per heavy atom. The summed E-state index contributed by atoms with van der Waals surface area (Å²) in [6.45, 7) is 7.67. The third-order valence-corrected chi connectivity index (χ3v) is 4.21. The van der Waals surface area contributed by atoms with Gasteiger partial charge in [0.05, 0.1) is 12.2 Å². The lowest BCUT2D eigenvalue weighted by molar-refractivity contribution is 0.0305. The molecule has 0 bridgehead atoms. The van der Waals surface area contributed by atoms with Crippen molar-refractivity contribution >= 4 is 0 Å². The summed E-state index contributed by atoms with van der Waals surface area (Å²) >= 11 is 0. The Balaban J connectivity index is 1.59. The Bertz CT molecular complexity index is 232. The van der Waals surface area contributed by atoms with Gasteiger partial charge in [0.25, 0.3) is 0 Å². The topological polar surface area (TPSA) is 33.7 Å². The van der Waals surface area contributed by atoms with Crippen LogP contribution in [0.2, 0.25) is 0 Å². The first kappa shape index (κ1) is 14.3. The van der Waals surface area contributed by atoms with Crippen LogP contribution in [0.3, 0.4) is 0 Å². The van der Waals surface area contributed by atoms with E-state index in [9.17, 15) is 0 Å². The van der Waals surface area contributed by atoms with Crippen molar-refractivity contribution in [3.63, 3.8) is 0 Å². The van der Waals surface area contributed by atoms with Crippen molar-refractivity contribution < 1.29 is 9.47 Å². The van der Waals surface area contributed by atoms with Gasteiger partial charge in [-0.15, -0.1) is 0 Å². The van der Waals surface area contributed by atoms with Gasteiger partial charge in [-0.2, -0.15) is 0 Å². The molecular weight excluding hydrogens is 228 g/mol. The van der Waals surface area contributed by atoms with Crippen molar-refractivity contribution in [1.29, 1.82) is 0 Å². The number of nitrogens with one attached hydrogen (secondary N) is 1. The van der Waals surface area contributed by atoms with Crippen LogP contribution in [0.15, 0.2) is 0 Å². The molecule has 0 radical (unpaired) electrons.